The molecule has 0 saturated carbocycles. The molecule has 2 aromatic carbocycles. The number of rotatable bonds is 6. The zero-order valence-electron chi connectivity index (χ0n) is 14.2. The summed E-state index contributed by atoms with van der Waals surface area (Å²) < 4.78 is 5.26. The van der Waals surface area contributed by atoms with E-state index in [-0.39, 0.29) is 11.8 Å². The first-order chi connectivity index (χ1) is 11.5. The van der Waals surface area contributed by atoms with Crippen LogP contribution in [0.5, 0.6) is 5.75 Å². The number of amides is 2. The van der Waals surface area contributed by atoms with Crippen molar-refractivity contribution < 1.29 is 14.3 Å². The van der Waals surface area contributed by atoms with Crippen molar-refractivity contribution in [2.45, 2.75) is 26.7 Å². The minimum atomic E-state index is -0.170. The average Bonchev–Trinajstić information content (AvgIpc) is 2.53. The lowest BCUT2D eigenvalue weighted by Crippen LogP contribution is -2.14. The van der Waals surface area contributed by atoms with E-state index in [1.807, 2.05) is 25.1 Å². The van der Waals surface area contributed by atoms with Crippen molar-refractivity contribution in [3.8, 4) is 5.75 Å². The minimum Gasteiger partial charge on any atom is -0.495 e. The number of carbonyl (C=O) groups excluding carboxylic acids is 2. The number of aryl methyl sites for hydroxylation is 2. The molecular weight excluding hydrogens is 304 g/mol. The predicted octanol–water partition coefficient (Wildman–Crippen LogP) is 3.53. The average molecular weight is 326 g/mol. The Morgan fingerprint density at radius 2 is 1.88 bits per heavy atom. The zero-order chi connectivity index (χ0) is 17.5. The van der Waals surface area contributed by atoms with Gasteiger partial charge in [0.05, 0.1) is 12.8 Å². The molecule has 2 amide bonds. The van der Waals surface area contributed by atoms with Crippen molar-refractivity contribution in [2.24, 2.45) is 0 Å². The zero-order valence-corrected chi connectivity index (χ0v) is 14.2. The fourth-order valence-corrected chi connectivity index (χ4v) is 2.42. The largest absolute Gasteiger partial charge is 0.495 e. The van der Waals surface area contributed by atoms with Gasteiger partial charge in [0.1, 0.15) is 5.75 Å². The van der Waals surface area contributed by atoms with Crippen LogP contribution < -0.4 is 15.4 Å². The number of methoxy groups -OCH3 is 1. The molecule has 0 atom stereocenters. The topological polar surface area (TPSA) is 67.4 Å². The lowest BCUT2D eigenvalue weighted by atomic mass is 10.1. The van der Waals surface area contributed by atoms with Crippen molar-refractivity contribution in [1.82, 2.24) is 0 Å². The third-order valence-electron chi connectivity index (χ3n) is 3.52. The van der Waals surface area contributed by atoms with Gasteiger partial charge in [0.25, 0.3) is 0 Å². The van der Waals surface area contributed by atoms with E-state index in [1.54, 1.807) is 18.2 Å². The van der Waals surface area contributed by atoms with Crippen LogP contribution in [0.1, 0.15) is 24.5 Å². The predicted molar refractivity (Wildman–Crippen MR) is 95.4 cm³/mol. The lowest BCUT2D eigenvalue weighted by Gasteiger charge is -2.12. The molecule has 0 radical (unpaired) electrons. The number of carbonyl (C=O) groups is 2. The molecule has 0 heterocycles. The summed E-state index contributed by atoms with van der Waals surface area (Å²) in [6.07, 6.45) is 1.04. The smallest absolute Gasteiger partial charge is 0.224 e. The first-order valence-electron chi connectivity index (χ1n) is 7.79. The van der Waals surface area contributed by atoms with Gasteiger partial charge in [0.2, 0.25) is 11.8 Å². The highest BCUT2D eigenvalue weighted by Gasteiger charge is 2.09. The van der Waals surface area contributed by atoms with E-state index < -0.39 is 0 Å². The SMILES string of the molecule is COc1ccc(NC(C)=O)cc1NC(=O)CCc1cccc(C)c1. The number of anilines is 2. The molecule has 2 N–H and O–H groups in total. The highest BCUT2D eigenvalue weighted by Crippen LogP contribution is 2.28. The van der Waals surface area contributed by atoms with Gasteiger partial charge in [-0.15, -0.1) is 0 Å². The van der Waals surface area contributed by atoms with Crippen LogP contribution in [0.15, 0.2) is 42.5 Å². The van der Waals surface area contributed by atoms with E-state index in [2.05, 4.69) is 16.7 Å². The minimum absolute atomic E-state index is 0.102. The number of hydrogen-bond acceptors (Lipinski definition) is 3. The summed E-state index contributed by atoms with van der Waals surface area (Å²) >= 11 is 0. The molecule has 0 fully saturated rings. The third kappa shape index (κ3) is 5.12. The first-order valence-corrected chi connectivity index (χ1v) is 7.79. The molecule has 0 bridgehead atoms. The molecule has 0 saturated heterocycles. The van der Waals surface area contributed by atoms with E-state index in [0.29, 0.717) is 30.0 Å². The molecule has 0 spiro atoms. The fourth-order valence-electron chi connectivity index (χ4n) is 2.42. The molecule has 0 aliphatic heterocycles. The fraction of sp³-hybridized carbons (Fsp3) is 0.263. The maximum Gasteiger partial charge on any atom is 0.224 e. The maximum atomic E-state index is 12.2. The van der Waals surface area contributed by atoms with Crippen LogP contribution in [0, 0.1) is 6.92 Å². The summed E-state index contributed by atoms with van der Waals surface area (Å²) in [4.78, 5) is 23.4. The maximum absolute atomic E-state index is 12.2. The molecule has 0 aliphatic carbocycles. The van der Waals surface area contributed by atoms with E-state index in [0.717, 1.165) is 5.56 Å². The second-order valence-corrected chi connectivity index (χ2v) is 5.63. The Morgan fingerprint density at radius 1 is 1.08 bits per heavy atom. The van der Waals surface area contributed by atoms with Gasteiger partial charge in [-0.25, -0.2) is 0 Å². The number of benzene rings is 2. The Bertz CT molecular complexity index is 741. The highest BCUT2D eigenvalue weighted by atomic mass is 16.5. The molecule has 2 rings (SSSR count). The molecule has 2 aromatic rings. The monoisotopic (exact) mass is 326 g/mol. The summed E-state index contributed by atoms with van der Waals surface area (Å²) in [6, 6.07) is 13.2. The quantitative estimate of drug-likeness (QED) is 0.853. The Morgan fingerprint density at radius 3 is 2.54 bits per heavy atom. The van der Waals surface area contributed by atoms with Gasteiger partial charge in [-0.1, -0.05) is 29.8 Å². The molecule has 24 heavy (non-hydrogen) atoms. The van der Waals surface area contributed by atoms with Gasteiger partial charge in [-0.3, -0.25) is 9.59 Å². The van der Waals surface area contributed by atoms with Crippen LogP contribution in [0.2, 0.25) is 0 Å². The van der Waals surface area contributed by atoms with Gasteiger partial charge >= 0.3 is 0 Å². The van der Waals surface area contributed by atoms with Gasteiger partial charge in [-0.2, -0.15) is 0 Å². The van der Waals surface area contributed by atoms with Crippen molar-refractivity contribution in [1.29, 1.82) is 0 Å². The van der Waals surface area contributed by atoms with Crippen LogP contribution in [0.3, 0.4) is 0 Å². The van der Waals surface area contributed by atoms with Crippen LogP contribution in [-0.4, -0.2) is 18.9 Å². The first kappa shape index (κ1) is 17.5. The Kier molecular flexibility index (Phi) is 5.95. The molecule has 0 aliphatic rings. The van der Waals surface area contributed by atoms with Crippen molar-refractivity contribution >= 4 is 23.2 Å². The van der Waals surface area contributed by atoms with E-state index >= 15 is 0 Å². The van der Waals surface area contributed by atoms with Crippen molar-refractivity contribution in [2.75, 3.05) is 17.7 Å². The molecule has 126 valence electrons. The number of hydrogen-bond donors (Lipinski definition) is 2. The van der Waals surface area contributed by atoms with Crippen LogP contribution in [0.25, 0.3) is 0 Å². The normalized spacial score (nSPS) is 10.1. The summed E-state index contributed by atoms with van der Waals surface area (Å²) in [5.41, 5.74) is 3.46. The number of nitrogens with one attached hydrogen (secondary N) is 2. The molecule has 0 aromatic heterocycles. The lowest BCUT2D eigenvalue weighted by molar-refractivity contribution is -0.116. The van der Waals surface area contributed by atoms with Gasteiger partial charge in [0, 0.05) is 19.0 Å². The molecule has 5 heteroatoms. The molecule has 5 nitrogen and oxygen atoms in total. The van der Waals surface area contributed by atoms with E-state index in [4.69, 9.17) is 4.74 Å². The Balaban J connectivity index is 2.03. The standard InChI is InChI=1S/C19H22N2O3/c1-13-5-4-6-15(11-13)7-10-19(23)21-17-12-16(20-14(2)22)8-9-18(17)24-3/h4-6,8-9,11-12H,7,10H2,1-3H3,(H,20,22)(H,21,23). The molecular formula is C19H22N2O3. The van der Waals surface area contributed by atoms with Crippen molar-refractivity contribution in [3.05, 3.63) is 53.6 Å². The summed E-state index contributed by atoms with van der Waals surface area (Å²) in [7, 11) is 1.54. The summed E-state index contributed by atoms with van der Waals surface area (Å²) in [5, 5.41) is 5.53. The van der Waals surface area contributed by atoms with Crippen LogP contribution in [-0.2, 0) is 16.0 Å². The number of ether oxygens (including phenoxy) is 1. The van der Waals surface area contributed by atoms with Gasteiger partial charge in [0.15, 0.2) is 0 Å². The van der Waals surface area contributed by atoms with E-state index in [9.17, 15) is 9.59 Å². The van der Waals surface area contributed by atoms with E-state index in [1.165, 1.54) is 19.6 Å². The second-order valence-electron chi connectivity index (χ2n) is 5.63. The second kappa shape index (κ2) is 8.15. The summed E-state index contributed by atoms with van der Waals surface area (Å²) in [5.74, 6) is 0.277. The highest BCUT2D eigenvalue weighted by molar-refractivity contribution is 5.95. The summed E-state index contributed by atoms with van der Waals surface area (Å²) in [6.45, 7) is 3.46. The Hall–Kier alpha value is -2.82. The van der Waals surface area contributed by atoms with Gasteiger partial charge in [-0.05, 0) is 37.1 Å². The van der Waals surface area contributed by atoms with Crippen LogP contribution in [0.4, 0.5) is 11.4 Å². The Labute approximate surface area is 142 Å². The third-order valence-corrected chi connectivity index (χ3v) is 3.52. The van der Waals surface area contributed by atoms with Crippen molar-refractivity contribution in [3.63, 3.8) is 0 Å². The van der Waals surface area contributed by atoms with Gasteiger partial charge < -0.3 is 15.4 Å². The molecule has 0 unspecified atom stereocenters. The van der Waals surface area contributed by atoms with Crippen LogP contribution >= 0.6 is 0 Å².